The highest BCUT2D eigenvalue weighted by atomic mass is 16.6. The van der Waals surface area contributed by atoms with Crippen LogP contribution < -0.4 is 14.8 Å². The Bertz CT molecular complexity index is 909. The monoisotopic (exact) mass is 424 g/mol. The normalized spacial score (nSPS) is 17.6. The summed E-state index contributed by atoms with van der Waals surface area (Å²) < 4.78 is 16.4. The van der Waals surface area contributed by atoms with Gasteiger partial charge in [-0.1, -0.05) is 30.3 Å². The van der Waals surface area contributed by atoms with Gasteiger partial charge in [0, 0.05) is 24.8 Å². The molecule has 0 aliphatic carbocycles. The molecule has 0 bridgehead atoms. The van der Waals surface area contributed by atoms with Gasteiger partial charge in [-0.05, 0) is 37.5 Å². The first-order valence-electron chi connectivity index (χ1n) is 10.8. The summed E-state index contributed by atoms with van der Waals surface area (Å²) in [5, 5.41) is 3.03. The highest BCUT2D eigenvalue weighted by molar-refractivity contribution is 5.96. The maximum Gasteiger partial charge on any atom is 0.309 e. The molecule has 1 amide bonds. The van der Waals surface area contributed by atoms with Crippen molar-refractivity contribution in [2.75, 3.05) is 38.2 Å². The number of hydrogen-bond acceptors (Lipinski definition) is 6. The molecule has 1 saturated heterocycles. The van der Waals surface area contributed by atoms with Gasteiger partial charge in [0.15, 0.2) is 11.5 Å². The number of nitrogens with one attached hydrogen (secondary N) is 1. The summed E-state index contributed by atoms with van der Waals surface area (Å²) >= 11 is 0. The van der Waals surface area contributed by atoms with Gasteiger partial charge in [-0.3, -0.25) is 14.5 Å². The minimum absolute atomic E-state index is 0.103. The lowest BCUT2D eigenvalue weighted by molar-refractivity contribution is -0.149. The zero-order valence-corrected chi connectivity index (χ0v) is 17.7. The molecule has 1 fully saturated rings. The Morgan fingerprint density at radius 2 is 1.77 bits per heavy atom. The van der Waals surface area contributed by atoms with E-state index in [0.29, 0.717) is 62.9 Å². The van der Waals surface area contributed by atoms with Crippen LogP contribution in [0.3, 0.4) is 0 Å². The number of anilines is 1. The van der Waals surface area contributed by atoms with Crippen molar-refractivity contribution in [3.63, 3.8) is 0 Å². The van der Waals surface area contributed by atoms with Crippen molar-refractivity contribution in [2.45, 2.75) is 25.8 Å². The number of likely N-dealkylation sites (tertiary alicyclic amines) is 1. The molecule has 0 radical (unpaired) electrons. The Morgan fingerprint density at radius 3 is 2.48 bits per heavy atom. The number of carbonyl (C=O) groups excluding carboxylic acids is 2. The van der Waals surface area contributed by atoms with E-state index in [2.05, 4.69) is 10.2 Å². The van der Waals surface area contributed by atoms with Gasteiger partial charge in [0.1, 0.15) is 19.3 Å². The van der Waals surface area contributed by atoms with E-state index in [-0.39, 0.29) is 17.8 Å². The fourth-order valence-electron chi connectivity index (χ4n) is 4.15. The molecule has 0 aromatic heterocycles. The topological polar surface area (TPSA) is 77.1 Å². The van der Waals surface area contributed by atoms with Gasteiger partial charge in [0.05, 0.1) is 12.5 Å². The SMILES string of the molecule is CCOC(=O)C1CCN([C@@H](C(=O)Nc2ccc3c(c2)OCCO3)c2ccccc2)CC1. The summed E-state index contributed by atoms with van der Waals surface area (Å²) in [6.45, 7) is 4.53. The summed E-state index contributed by atoms with van der Waals surface area (Å²) in [4.78, 5) is 27.6. The molecule has 2 heterocycles. The smallest absolute Gasteiger partial charge is 0.309 e. The second-order valence-corrected chi connectivity index (χ2v) is 7.72. The Balaban J connectivity index is 1.49. The van der Waals surface area contributed by atoms with Crippen molar-refractivity contribution in [3.8, 4) is 11.5 Å². The number of hydrogen-bond donors (Lipinski definition) is 1. The number of esters is 1. The van der Waals surface area contributed by atoms with Crippen molar-refractivity contribution in [1.29, 1.82) is 0 Å². The Morgan fingerprint density at radius 1 is 1.06 bits per heavy atom. The number of rotatable bonds is 6. The molecule has 2 aliphatic heterocycles. The number of amides is 1. The summed E-state index contributed by atoms with van der Waals surface area (Å²) in [5.74, 6) is 0.963. The van der Waals surface area contributed by atoms with Gasteiger partial charge < -0.3 is 19.5 Å². The van der Waals surface area contributed by atoms with Crippen molar-refractivity contribution in [2.24, 2.45) is 5.92 Å². The van der Waals surface area contributed by atoms with Crippen molar-refractivity contribution < 1.29 is 23.8 Å². The zero-order valence-electron chi connectivity index (χ0n) is 17.7. The van der Waals surface area contributed by atoms with E-state index in [1.54, 1.807) is 6.07 Å². The molecule has 0 spiro atoms. The molecule has 7 nitrogen and oxygen atoms in total. The molecule has 1 N–H and O–H groups in total. The van der Waals surface area contributed by atoms with E-state index >= 15 is 0 Å². The largest absolute Gasteiger partial charge is 0.486 e. The third-order valence-corrected chi connectivity index (χ3v) is 5.69. The molecular formula is C24H28N2O5. The van der Waals surface area contributed by atoms with E-state index < -0.39 is 6.04 Å². The minimum atomic E-state index is -0.447. The summed E-state index contributed by atoms with van der Waals surface area (Å²) in [6.07, 6.45) is 1.36. The standard InChI is InChI=1S/C24H28N2O5/c1-2-29-24(28)18-10-12-26(13-11-18)22(17-6-4-3-5-7-17)23(27)25-19-8-9-20-21(16-19)31-15-14-30-20/h3-9,16,18,22H,2,10-15H2,1H3,(H,25,27)/t22-/m1/s1. The Kier molecular flexibility index (Phi) is 6.72. The second-order valence-electron chi connectivity index (χ2n) is 7.72. The predicted octanol–water partition coefficient (Wildman–Crippen LogP) is 3.41. The van der Waals surface area contributed by atoms with Crippen LogP contribution in [-0.4, -0.2) is 49.7 Å². The van der Waals surface area contributed by atoms with Gasteiger partial charge in [-0.2, -0.15) is 0 Å². The highest BCUT2D eigenvalue weighted by Gasteiger charge is 2.33. The van der Waals surface area contributed by atoms with Crippen LogP contribution in [0.25, 0.3) is 0 Å². The maximum absolute atomic E-state index is 13.4. The zero-order chi connectivity index (χ0) is 21.6. The van der Waals surface area contributed by atoms with E-state index in [1.165, 1.54) is 0 Å². The molecule has 7 heteroatoms. The van der Waals surface area contributed by atoms with E-state index in [0.717, 1.165) is 5.56 Å². The van der Waals surface area contributed by atoms with Crippen molar-refractivity contribution in [1.82, 2.24) is 4.90 Å². The van der Waals surface area contributed by atoms with E-state index in [4.69, 9.17) is 14.2 Å². The number of ether oxygens (including phenoxy) is 3. The van der Waals surface area contributed by atoms with Crippen LogP contribution in [-0.2, 0) is 14.3 Å². The van der Waals surface area contributed by atoms with Gasteiger partial charge in [-0.15, -0.1) is 0 Å². The van der Waals surface area contributed by atoms with Crippen LogP contribution in [0.15, 0.2) is 48.5 Å². The first-order valence-corrected chi connectivity index (χ1v) is 10.8. The number of nitrogens with zero attached hydrogens (tertiary/aromatic N) is 1. The second kappa shape index (κ2) is 9.83. The molecule has 2 aromatic rings. The fourth-order valence-corrected chi connectivity index (χ4v) is 4.15. The molecule has 0 saturated carbocycles. The predicted molar refractivity (Wildman–Crippen MR) is 116 cm³/mol. The first-order chi connectivity index (χ1) is 15.2. The van der Waals surface area contributed by atoms with Crippen molar-refractivity contribution >= 4 is 17.6 Å². The van der Waals surface area contributed by atoms with Crippen LogP contribution in [0.4, 0.5) is 5.69 Å². The Labute approximate surface area is 182 Å². The summed E-state index contributed by atoms with van der Waals surface area (Å²) in [5.41, 5.74) is 1.59. The first kappa shape index (κ1) is 21.2. The molecule has 2 aromatic carbocycles. The van der Waals surface area contributed by atoms with E-state index in [1.807, 2.05) is 49.4 Å². The van der Waals surface area contributed by atoms with Gasteiger partial charge in [0.2, 0.25) is 5.91 Å². The highest BCUT2D eigenvalue weighted by Crippen LogP contribution is 2.34. The molecular weight excluding hydrogens is 396 g/mol. The lowest BCUT2D eigenvalue weighted by Crippen LogP contribution is -2.43. The van der Waals surface area contributed by atoms with Crippen LogP contribution in [0.2, 0.25) is 0 Å². The van der Waals surface area contributed by atoms with Gasteiger partial charge >= 0.3 is 5.97 Å². The minimum Gasteiger partial charge on any atom is -0.486 e. The van der Waals surface area contributed by atoms with Gasteiger partial charge in [0.25, 0.3) is 0 Å². The average Bonchev–Trinajstić information content (AvgIpc) is 2.80. The average molecular weight is 424 g/mol. The third-order valence-electron chi connectivity index (χ3n) is 5.69. The maximum atomic E-state index is 13.4. The number of benzene rings is 2. The van der Waals surface area contributed by atoms with Gasteiger partial charge in [-0.25, -0.2) is 0 Å². The molecule has 0 unspecified atom stereocenters. The lowest BCUT2D eigenvalue weighted by atomic mass is 9.94. The number of piperidine rings is 1. The van der Waals surface area contributed by atoms with Crippen molar-refractivity contribution in [3.05, 3.63) is 54.1 Å². The lowest BCUT2D eigenvalue weighted by Gasteiger charge is -2.36. The Hall–Kier alpha value is -3.06. The van der Waals surface area contributed by atoms with Crippen LogP contribution in [0, 0.1) is 5.92 Å². The van der Waals surface area contributed by atoms with Crippen LogP contribution in [0.1, 0.15) is 31.4 Å². The quantitative estimate of drug-likeness (QED) is 0.716. The summed E-state index contributed by atoms with van der Waals surface area (Å²) in [7, 11) is 0. The molecule has 4 rings (SSSR count). The number of fused-ring (bicyclic) bond motifs is 1. The van der Waals surface area contributed by atoms with E-state index in [9.17, 15) is 9.59 Å². The molecule has 164 valence electrons. The summed E-state index contributed by atoms with van der Waals surface area (Å²) in [6, 6.07) is 14.7. The molecule has 2 aliphatic rings. The van der Waals surface area contributed by atoms with Crippen LogP contribution in [0.5, 0.6) is 11.5 Å². The third kappa shape index (κ3) is 4.99. The fraction of sp³-hybridized carbons (Fsp3) is 0.417. The molecule has 1 atom stereocenters. The number of carbonyl (C=O) groups is 2. The van der Waals surface area contributed by atoms with Crippen LogP contribution >= 0.6 is 0 Å². The molecule has 31 heavy (non-hydrogen) atoms.